The minimum absolute atomic E-state index is 0.0982. The standard InChI is InChI=1S/C17H17ClFN3O3/c18-12-3-4-14(13(19)10-12)20-16(23)11-21-5-7-22(8-6-21)17(24)15-2-1-9-25-15/h1-4,9-10H,5-8,11H2,(H,20,23). The molecule has 3 rings (SSSR count). The molecule has 1 fully saturated rings. The Morgan fingerprint density at radius 2 is 1.96 bits per heavy atom. The van der Waals surface area contributed by atoms with Gasteiger partial charge in [-0.05, 0) is 30.3 Å². The fourth-order valence-corrected chi connectivity index (χ4v) is 2.81. The number of anilines is 1. The van der Waals surface area contributed by atoms with E-state index in [0.717, 1.165) is 6.07 Å². The summed E-state index contributed by atoms with van der Waals surface area (Å²) in [4.78, 5) is 27.8. The van der Waals surface area contributed by atoms with E-state index in [1.54, 1.807) is 17.0 Å². The largest absolute Gasteiger partial charge is 0.459 e. The minimum Gasteiger partial charge on any atom is -0.459 e. The molecule has 0 unspecified atom stereocenters. The maximum absolute atomic E-state index is 13.7. The number of carbonyl (C=O) groups excluding carboxylic acids is 2. The van der Waals surface area contributed by atoms with Crippen LogP contribution in [0.4, 0.5) is 10.1 Å². The van der Waals surface area contributed by atoms with Crippen LogP contribution in [-0.2, 0) is 4.79 Å². The number of halogens is 2. The molecule has 0 radical (unpaired) electrons. The maximum Gasteiger partial charge on any atom is 0.289 e. The molecular formula is C17H17ClFN3O3. The highest BCUT2D eigenvalue weighted by Gasteiger charge is 2.24. The van der Waals surface area contributed by atoms with Crippen LogP contribution >= 0.6 is 11.6 Å². The average molecular weight is 366 g/mol. The van der Waals surface area contributed by atoms with Crippen LogP contribution < -0.4 is 5.32 Å². The zero-order valence-electron chi connectivity index (χ0n) is 13.4. The smallest absolute Gasteiger partial charge is 0.289 e. The Kier molecular flexibility index (Phi) is 5.35. The Morgan fingerprint density at radius 1 is 1.20 bits per heavy atom. The topological polar surface area (TPSA) is 65.8 Å². The Bertz CT molecular complexity index is 759. The molecule has 0 bridgehead atoms. The Hall–Kier alpha value is -2.38. The lowest BCUT2D eigenvalue weighted by Gasteiger charge is -2.33. The first-order chi connectivity index (χ1) is 12.0. The van der Waals surface area contributed by atoms with Gasteiger partial charge in [0.25, 0.3) is 5.91 Å². The molecule has 1 saturated heterocycles. The summed E-state index contributed by atoms with van der Waals surface area (Å²) in [6.45, 7) is 2.25. The van der Waals surface area contributed by atoms with Gasteiger partial charge in [0.15, 0.2) is 5.76 Å². The summed E-state index contributed by atoms with van der Waals surface area (Å²) in [6.07, 6.45) is 1.46. The van der Waals surface area contributed by atoms with Gasteiger partial charge in [-0.15, -0.1) is 0 Å². The summed E-state index contributed by atoms with van der Waals surface area (Å²) in [5.74, 6) is -0.733. The lowest BCUT2D eigenvalue weighted by atomic mass is 10.2. The van der Waals surface area contributed by atoms with Gasteiger partial charge >= 0.3 is 0 Å². The number of benzene rings is 1. The molecule has 2 aromatic rings. The Balaban J connectivity index is 1.48. The van der Waals surface area contributed by atoms with Gasteiger partial charge in [-0.2, -0.15) is 0 Å². The van der Waals surface area contributed by atoms with Gasteiger partial charge < -0.3 is 14.6 Å². The van der Waals surface area contributed by atoms with Crippen molar-refractivity contribution >= 4 is 29.1 Å². The Morgan fingerprint density at radius 3 is 2.60 bits per heavy atom. The summed E-state index contributed by atoms with van der Waals surface area (Å²) >= 11 is 5.69. The van der Waals surface area contributed by atoms with E-state index < -0.39 is 5.82 Å². The summed E-state index contributed by atoms with van der Waals surface area (Å²) in [6, 6.07) is 7.39. The lowest BCUT2D eigenvalue weighted by Crippen LogP contribution is -2.50. The minimum atomic E-state index is -0.574. The molecule has 0 atom stereocenters. The molecule has 2 heterocycles. The van der Waals surface area contributed by atoms with Crippen molar-refractivity contribution in [2.24, 2.45) is 0 Å². The second kappa shape index (κ2) is 7.67. The van der Waals surface area contributed by atoms with Crippen molar-refractivity contribution < 1.29 is 18.4 Å². The molecule has 2 amide bonds. The fraction of sp³-hybridized carbons (Fsp3) is 0.294. The normalized spacial score (nSPS) is 15.2. The number of piperazine rings is 1. The molecule has 1 aliphatic rings. The molecule has 1 N–H and O–H groups in total. The average Bonchev–Trinajstić information content (AvgIpc) is 3.12. The number of hydrogen-bond acceptors (Lipinski definition) is 4. The van der Waals surface area contributed by atoms with E-state index >= 15 is 0 Å². The molecule has 25 heavy (non-hydrogen) atoms. The molecule has 0 spiro atoms. The zero-order valence-corrected chi connectivity index (χ0v) is 14.1. The second-order valence-electron chi connectivity index (χ2n) is 5.72. The molecule has 132 valence electrons. The highest BCUT2D eigenvalue weighted by atomic mass is 35.5. The van der Waals surface area contributed by atoms with E-state index in [9.17, 15) is 14.0 Å². The maximum atomic E-state index is 13.7. The summed E-state index contributed by atoms with van der Waals surface area (Å²) in [5, 5.41) is 2.80. The van der Waals surface area contributed by atoms with Crippen molar-refractivity contribution in [2.75, 3.05) is 38.0 Å². The molecular weight excluding hydrogens is 349 g/mol. The third-order valence-electron chi connectivity index (χ3n) is 3.96. The van der Waals surface area contributed by atoms with Crippen LogP contribution in [0.5, 0.6) is 0 Å². The first-order valence-corrected chi connectivity index (χ1v) is 8.21. The molecule has 1 aromatic heterocycles. The third kappa shape index (κ3) is 4.37. The van der Waals surface area contributed by atoms with E-state index in [2.05, 4.69) is 5.32 Å². The van der Waals surface area contributed by atoms with Crippen molar-refractivity contribution in [1.82, 2.24) is 9.80 Å². The molecule has 6 nitrogen and oxygen atoms in total. The fourth-order valence-electron chi connectivity index (χ4n) is 2.65. The molecule has 1 aromatic carbocycles. The van der Waals surface area contributed by atoms with Gasteiger partial charge in [0.05, 0.1) is 18.5 Å². The van der Waals surface area contributed by atoms with Crippen molar-refractivity contribution in [2.45, 2.75) is 0 Å². The first kappa shape index (κ1) is 17.4. The number of amides is 2. The van der Waals surface area contributed by atoms with Crippen molar-refractivity contribution in [3.63, 3.8) is 0 Å². The number of carbonyl (C=O) groups is 2. The van der Waals surface area contributed by atoms with Crippen LogP contribution in [0.1, 0.15) is 10.6 Å². The highest BCUT2D eigenvalue weighted by molar-refractivity contribution is 6.30. The van der Waals surface area contributed by atoms with E-state index in [1.807, 2.05) is 4.90 Å². The van der Waals surface area contributed by atoms with Gasteiger partial charge in [0.2, 0.25) is 5.91 Å². The zero-order chi connectivity index (χ0) is 17.8. The van der Waals surface area contributed by atoms with Crippen LogP contribution in [-0.4, -0.2) is 54.3 Å². The summed E-state index contributed by atoms with van der Waals surface area (Å²) < 4.78 is 18.8. The van der Waals surface area contributed by atoms with E-state index in [-0.39, 0.29) is 29.1 Å². The SMILES string of the molecule is O=C(CN1CCN(C(=O)c2ccco2)CC1)Nc1ccc(Cl)cc1F. The predicted octanol–water partition coefficient (Wildman–Crippen LogP) is 2.47. The van der Waals surface area contributed by atoms with Crippen molar-refractivity contribution in [1.29, 1.82) is 0 Å². The van der Waals surface area contributed by atoms with E-state index in [0.29, 0.717) is 31.9 Å². The van der Waals surface area contributed by atoms with Gasteiger partial charge in [-0.25, -0.2) is 4.39 Å². The van der Waals surface area contributed by atoms with Crippen LogP contribution in [0.2, 0.25) is 5.02 Å². The number of furan rings is 1. The first-order valence-electron chi connectivity index (χ1n) is 7.83. The van der Waals surface area contributed by atoms with Gasteiger partial charge in [-0.1, -0.05) is 11.6 Å². The van der Waals surface area contributed by atoms with E-state index in [4.69, 9.17) is 16.0 Å². The molecule has 1 aliphatic heterocycles. The number of nitrogens with zero attached hydrogens (tertiary/aromatic N) is 2. The summed E-state index contributed by atoms with van der Waals surface area (Å²) in [7, 11) is 0. The third-order valence-corrected chi connectivity index (χ3v) is 4.20. The summed E-state index contributed by atoms with van der Waals surface area (Å²) in [5.41, 5.74) is 0.0982. The lowest BCUT2D eigenvalue weighted by molar-refractivity contribution is -0.117. The monoisotopic (exact) mass is 365 g/mol. The van der Waals surface area contributed by atoms with Crippen LogP contribution in [0, 0.1) is 5.82 Å². The van der Waals surface area contributed by atoms with Crippen LogP contribution in [0.25, 0.3) is 0 Å². The van der Waals surface area contributed by atoms with Gasteiger partial charge in [-0.3, -0.25) is 14.5 Å². The van der Waals surface area contributed by atoms with Gasteiger partial charge in [0, 0.05) is 31.2 Å². The van der Waals surface area contributed by atoms with Crippen molar-refractivity contribution in [3.05, 3.63) is 53.2 Å². The van der Waals surface area contributed by atoms with E-state index in [1.165, 1.54) is 18.4 Å². The number of hydrogen-bond donors (Lipinski definition) is 1. The second-order valence-corrected chi connectivity index (χ2v) is 6.15. The van der Waals surface area contributed by atoms with Gasteiger partial charge in [0.1, 0.15) is 5.82 Å². The van der Waals surface area contributed by atoms with Crippen LogP contribution in [0.15, 0.2) is 41.0 Å². The Labute approximate surface area is 149 Å². The van der Waals surface area contributed by atoms with Crippen LogP contribution in [0.3, 0.4) is 0 Å². The van der Waals surface area contributed by atoms with Crippen molar-refractivity contribution in [3.8, 4) is 0 Å². The number of nitrogens with one attached hydrogen (secondary N) is 1. The highest BCUT2D eigenvalue weighted by Crippen LogP contribution is 2.19. The molecule has 8 heteroatoms. The number of rotatable bonds is 4. The molecule has 0 saturated carbocycles. The quantitative estimate of drug-likeness (QED) is 0.904. The predicted molar refractivity (Wildman–Crippen MR) is 91.1 cm³/mol. The molecule has 0 aliphatic carbocycles.